The molecule has 2 aromatic rings. The van der Waals surface area contributed by atoms with Crippen molar-refractivity contribution in [3.8, 4) is 17.2 Å². The summed E-state index contributed by atoms with van der Waals surface area (Å²) in [5.74, 6) is 2.12. The fraction of sp³-hybridized carbons (Fsp3) is 0.318. The van der Waals surface area contributed by atoms with Gasteiger partial charge in [-0.1, -0.05) is 30.9 Å². The number of fused-ring (bicyclic) bond motifs is 1. The quantitative estimate of drug-likeness (QED) is 0.675. The average Bonchev–Trinajstić information content (AvgIpc) is 2.74. The van der Waals surface area contributed by atoms with Gasteiger partial charge in [0.05, 0.1) is 6.54 Å². The summed E-state index contributed by atoms with van der Waals surface area (Å²) >= 11 is 0. The van der Waals surface area contributed by atoms with Crippen LogP contribution in [0.25, 0.3) is 0 Å². The molecule has 0 unspecified atom stereocenters. The SMILES string of the molecule is C=CCOc1ccccc1CN(C(=O)CCNC)c1ccc2c(c1)OCCO2. The van der Waals surface area contributed by atoms with Gasteiger partial charge in [-0.2, -0.15) is 0 Å². The van der Waals surface area contributed by atoms with E-state index in [2.05, 4.69) is 11.9 Å². The van der Waals surface area contributed by atoms with Crippen molar-refractivity contribution in [2.75, 3.05) is 38.3 Å². The summed E-state index contributed by atoms with van der Waals surface area (Å²) < 4.78 is 17.0. The van der Waals surface area contributed by atoms with Crippen molar-refractivity contribution in [3.05, 3.63) is 60.7 Å². The molecule has 0 bridgehead atoms. The van der Waals surface area contributed by atoms with E-state index in [1.165, 1.54) is 0 Å². The molecule has 6 heteroatoms. The molecule has 1 heterocycles. The van der Waals surface area contributed by atoms with E-state index in [1.807, 2.05) is 49.5 Å². The molecule has 28 heavy (non-hydrogen) atoms. The van der Waals surface area contributed by atoms with Gasteiger partial charge in [0.1, 0.15) is 25.6 Å². The van der Waals surface area contributed by atoms with Gasteiger partial charge >= 0.3 is 0 Å². The second-order valence-electron chi connectivity index (χ2n) is 6.37. The molecule has 6 nitrogen and oxygen atoms in total. The normalized spacial score (nSPS) is 12.3. The maximum absolute atomic E-state index is 13.0. The first kappa shape index (κ1) is 19.8. The average molecular weight is 382 g/mol. The Kier molecular flexibility index (Phi) is 6.92. The molecule has 0 fully saturated rings. The van der Waals surface area contributed by atoms with Gasteiger partial charge in [0, 0.05) is 30.3 Å². The molecule has 0 aliphatic carbocycles. The summed E-state index contributed by atoms with van der Waals surface area (Å²) in [6.07, 6.45) is 2.09. The van der Waals surface area contributed by atoms with Crippen LogP contribution in [0.4, 0.5) is 5.69 Å². The van der Waals surface area contributed by atoms with Crippen molar-refractivity contribution < 1.29 is 19.0 Å². The van der Waals surface area contributed by atoms with Gasteiger partial charge < -0.3 is 24.4 Å². The van der Waals surface area contributed by atoms with E-state index < -0.39 is 0 Å². The first-order chi connectivity index (χ1) is 13.7. The van der Waals surface area contributed by atoms with Crippen LogP contribution in [0.1, 0.15) is 12.0 Å². The van der Waals surface area contributed by atoms with E-state index in [1.54, 1.807) is 11.0 Å². The summed E-state index contributed by atoms with van der Waals surface area (Å²) in [5.41, 5.74) is 1.70. The van der Waals surface area contributed by atoms with E-state index in [-0.39, 0.29) is 5.91 Å². The Morgan fingerprint density at radius 1 is 1.21 bits per heavy atom. The highest BCUT2D eigenvalue weighted by Crippen LogP contribution is 2.35. The van der Waals surface area contributed by atoms with Crippen molar-refractivity contribution in [1.82, 2.24) is 5.32 Å². The van der Waals surface area contributed by atoms with Crippen molar-refractivity contribution in [3.63, 3.8) is 0 Å². The molecule has 1 aliphatic rings. The number of benzene rings is 2. The lowest BCUT2D eigenvalue weighted by Gasteiger charge is -2.26. The van der Waals surface area contributed by atoms with Crippen LogP contribution in [-0.4, -0.2) is 39.3 Å². The summed E-state index contributed by atoms with van der Waals surface area (Å²) in [4.78, 5) is 14.7. The molecule has 2 aromatic carbocycles. The summed E-state index contributed by atoms with van der Waals surface area (Å²) in [7, 11) is 1.83. The first-order valence-corrected chi connectivity index (χ1v) is 9.39. The maximum atomic E-state index is 13.0. The van der Waals surface area contributed by atoms with E-state index in [4.69, 9.17) is 14.2 Å². The van der Waals surface area contributed by atoms with Gasteiger partial charge in [-0.25, -0.2) is 0 Å². The van der Waals surface area contributed by atoms with Crippen molar-refractivity contribution in [1.29, 1.82) is 0 Å². The zero-order chi connectivity index (χ0) is 19.8. The third-order valence-corrected chi connectivity index (χ3v) is 4.39. The molecule has 0 spiro atoms. The largest absolute Gasteiger partial charge is 0.489 e. The van der Waals surface area contributed by atoms with E-state index in [0.29, 0.717) is 50.8 Å². The minimum atomic E-state index is 0.0181. The van der Waals surface area contributed by atoms with Crippen LogP contribution in [0, 0.1) is 0 Å². The molecule has 1 N–H and O–H groups in total. The number of anilines is 1. The molecule has 0 aromatic heterocycles. The van der Waals surface area contributed by atoms with Crippen LogP contribution < -0.4 is 24.4 Å². The van der Waals surface area contributed by atoms with Gasteiger partial charge in [-0.3, -0.25) is 4.79 Å². The summed E-state index contributed by atoms with van der Waals surface area (Å²) in [6.45, 7) is 6.15. The number of ether oxygens (including phenoxy) is 3. The lowest BCUT2D eigenvalue weighted by atomic mass is 10.1. The van der Waals surface area contributed by atoms with Crippen molar-refractivity contribution in [2.24, 2.45) is 0 Å². The highest BCUT2D eigenvalue weighted by Gasteiger charge is 2.21. The number of nitrogens with zero attached hydrogens (tertiary/aromatic N) is 1. The second-order valence-corrected chi connectivity index (χ2v) is 6.37. The van der Waals surface area contributed by atoms with Crippen LogP contribution in [0.5, 0.6) is 17.2 Å². The lowest BCUT2D eigenvalue weighted by molar-refractivity contribution is -0.118. The highest BCUT2D eigenvalue weighted by molar-refractivity contribution is 5.93. The monoisotopic (exact) mass is 382 g/mol. The predicted octanol–water partition coefficient (Wildman–Crippen LogP) is 3.17. The Hall–Kier alpha value is -2.99. The molecule has 0 saturated carbocycles. The zero-order valence-corrected chi connectivity index (χ0v) is 16.1. The number of carbonyl (C=O) groups is 1. The topological polar surface area (TPSA) is 60.0 Å². The number of nitrogens with one attached hydrogen (secondary N) is 1. The molecule has 0 saturated heterocycles. The van der Waals surface area contributed by atoms with E-state index in [0.717, 1.165) is 17.0 Å². The minimum absolute atomic E-state index is 0.0181. The Morgan fingerprint density at radius 3 is 2.79 bits per heavy atom. The standard InChI is InChI=1S/C22H26N2O4/c1-3-12-26-19-7-5-4-6-17(19)16-24(22(25)10-11-23-2)18-8-9-20-21(15-18)28-14-13-27-20/h3-9,15,23H,1,10-14,16H2,2H3. The Balaban J connectivity index is 1.90. The third-order valence-electron chi connectivity index (χ3n) is 4.39. The van der Waals surface area contributed by atoms with Crippen LogP contribution in [0.2, 0.25) is 0 Å². The molecular formula is C22H26N2O4. The Labute approximate surface area is 165 Å². The highest BCUT2D eigenvalue weighted by atomic mass is 16.6. The van der Waals surface area contributed by atoms with Gasteiger partial charge in [-0.15, -0.1) is 0 Å². The number of para-hydroxylation sites is 1. The van der Waals surface area contributed by atoms with Gasteiger partial charge in [0.2, 0.25) is 5.91 Å². The van der Waals surface area contributed by atoms with Crippen LogP contribution in [0.15, 0.2) is 55.1 Å². The zero-order valence-electron chi connectivity index (χ0n) is 16.1. The Bertz CT molecular complexity index is 822. The lowest BCUT2D eigenvalue weighted by Crippen LogP contribution is -2.32. The van der Waals surface area contributed by atoms with Crippen LogP contribution >= 0.6 is 0 Å². The van der Waals surface area contributed by atoms with E-state index in [9.17, 15) is 4.79 Å². The van der Waals surface area contributed by atoms with Crippen molar-refractivity contribution in [2.45, 2.75) is 13.0 Å². The fourth-order valence-electron chi connectivity index (χ4n) is 2.98. The number of carbonyl (C=O) groups excluding carboxylic acids is 1. The summed E-state index contributed by atoms with van der Waals surface area (Å²) in [6, 6.07) is 13.3. The molecule has 3 rings (SSSR count). The molecule has 0 atom stereocenters. The smallest absolute Gasteiger partial charge is 0.228 e. The molecule has 148 valence electrons. The van der Waals surface area contributed by atoms with E-state index >= 15 is 0 Å². The van der Waals surface area contributed by atoms with Gasteiger partial charge in [-0.05, 0) is 25.2 Å². The van der Waals surface area contributed by atoms with Crippen LogP contribution in [0.3, 0.4) is 0 Å². The Morgan fingerprint density at radius 2 is 2.00 bits per heavy atom. The molecular weight excluding hydrogens is 356 g/mol. The second kappa shape index (κ2) is 9.80. The molecule has 1 amide bonds. The molecule has 0 radical (unpaired) electrons. The van der Waals surface area contributed by atoms with Gasteiger partial charge in [0.15, 0.2) is 11.5 Å². The first-order valence-electron chi connectivity index (χ1n) is 9.39. The minimum Gasteiger partial charge on any atom is -0.489 e. The number of rotatable bonds is 9. The number of amides is 1. The number of hydrogen-bond acceptors (Lipinski definition) is 5. The van der Waals surface area contributed by atoms with Gasteiger partial charge in [0.25, 0.3) is 0 Å². The maximum Gasteiger partial charge on any atom is 0.228 e. The third kappa shape index (κ3) is 4.84. The fourth-order valence-corrected chi connectivity index (χ4v) is 2.98. The van der Waals surface area contributed by atoms with Crippen molar-refractivity contribution >= 4 is 11.6 Å². The predicted molar refractivity (Wildman–Crippen MR) is 109 cm³/mol. The molecule has 1 aliphatic heterocycles. The number of hydrogen-bond donors (Lipinski definition) is 1. The van der Waals surface area contributed by atoms with Crippen LogP contribution in [-0.2, 0) is 11.3 Å². The summed E-state index contributed by atoms with van der Waals surface area (Å²) in [5, 5.41) is 3.03.